The van der Waals surface area contributed by atoms with Gasteiger partial charge in [0, 0.05) is 29.9 Å². The van der Waals surface area contributed by atoms with Crippen molar-refractivity contribution in [1.82, 2.24) is 9.78 Å². The molecule has 3 aromatic carbocycles. The number of benzene rings is 3. The number of carbonyl (C=O) groups is 1. The van der Waals surface area contributed by atoms with Crippen LogP contribution in [0.2, 0.25) is 0 Å². The molecule has 0 aliphatic heterocycles. The third-order valence-electron chi connectivity index (χ3n) is 4.41. The third kappa shape index (κ3) is 3.48. The summed E-state index contributed by atoms with van der Waals surface area (Å²) in [6.07, 6.45) is 0. The lowest BCUT2D eigenvalue weighted by Crippen LogP contribution is -2.18. The quantitative estimate of drug-likeness (QED) is 0.607. The molecule has 27 heavy (non-hydrogen) atoms. The third-order valence-corrected chi connectivity index (χ3v) is 4.41. The highest BCUT2D eigenvalue weighted by atomic mass is 16.1. The van der Waals surface area contributed by atoms with E-state index in [0.717, 1.165) is 16.3 Å². The van der Waals surface area contributed by atoms with Crippen LogP contribution in [0.3, 0.4) is 0 Å². The Morgan fingerprint density at radius 1 is 0.889 bits per heavy atom. The molecule has 0 radical (unpaired) electrons. The van der Waals surface area contributed by atoms with E-state index in [1.165, 1.54) is 10.7 Å². The topological polar surface area (TPSA) is 64.0 Å². The number of nitrogens with one attached hydrogen (secondary N) is 1. The maximum Gasteiger partial charge on any atom is 0.266 e. The monoisotopic (exact) mass is 355 g/mol. The highest BCUT2D eigenvalue weighted by Crippen LogP contribution is 2.20. The number of amides is 1. The number of carbonyl (C=O) groups excluding carboxylic acids is 1. The molecule has 0 aliphatic carbocycles. The lowest BCUT2D eigenvalue weighted by molar-refractivity contribution is 0.102. The van der Waals surface area contributed by atoms with E-state index in [-0.39, 0.29) is 11.5 Å². The van der Waals surface area contributed by atoms with Crippen molar-refractivity contribution in [2.45, 2.75) is 0 Å². The van der Waals surface area contributed by atoms with E-state index in [1.54, 1.807) is 13.1 Å². The molecule has 1 N–H and O–H groups in total. The first-order valence-corrected chi connectivity index (χ1v) is 8.55. The average molecular weight is 355 g/mol. The van der Waals surface area contributed by atoms with E-state index in [1.807, 2.05) is 66.7 Å². The lowest BCUT2D eigenvalue weighted by Gasteiger charge is -2.08. The van der Waals surface area contributed by atoms with Crippen LogP contribution in [0.5, 0.6) is 0 Å². The molecular formula is C22H17N3O2. The molecule has 0 fully saturated rings. The van der Waals surface area contributed by atoms with Crippen LogP contribution in [0.25, 0.3) is 22.0 Å². The van der Waals surface area contributed by atoms with Gasteiger partial charge in [-0.2, -0.15) is 5.10 Å². The molecule has 0 aliphatic rings. The van der Waals surface area contributed by atoms with Gasteiger partial charge < -0.3 is 5.32 Å². The van der Waals surface area contributed by atoms with E-state index < -0.39 is 0 Å². The van der Waals surface area contributed by atoms with Gasteiger partial charge >= 0.3 is 0 Å². The summed E-state index contributed by atoms with van der Waals surface area (Å²) in [7, 11) is 1.62. The van der Waals surface area contributed by atoms with Crippen LogP contribution in [0.15, 0.2) is 83.7 Å². The van der Waals surface area contributed by atoms with Gasteiger partial charge in [0.15, 0.2) is 0 Å². The zero-order chi connectivity index (χ0) is 18.8. The summed E-state index contributed by atoms with van der Waals surface area (Å²) >= 11 is 0. The maximum absolute atomic E-state index is 12.5. The van der Waals surface area contributed by atoms with Crippen molar-refractivity contribution in [1.29, 1.82) is 0 Å². The molecule has 0 saturated heterocycles. The van der Waals surface area contributed by atoms with Crippen LogP contribution in [0.4, 0.5) is 5.69 Å². The SMILES string of the molecule is Cn1nc(-c2ccc(NC(=O)c3ccc4ccccc4c3)cc2)ccc1=O. The normalized spacial score (nSPS) is 10.7. The molecule has 1 amide bonds. The Bertz CT molecular complexity index is 1190. The van der Waals surface area contributed by atoms with Crippen LogP contribution in [0.1, 0.15) is 10.4 Å². The zero-order valence-electron chi connectivity index (χ0n) is 14.7. The number of hydrogen-bond acceptors (Lipinski definition) is 3. The molecule has 0 unspecified atom stereocenters. The van der Waals surface area contributed by atoms with E-state index in [9.17, 15) is 9.59 Å². The van der Waals surface area contributed by atoms with Gasteiger partial charge in [-0.1, -0.05) is 42.5 Å². The Morgan fingerprint density at radius 3 is 2.37 bits per heavy atom. The number of fused-ring (bicyclic) bond motifs is 1. The summed E-state index contributed by atoms with van der Waals surface area (Å²) < 4.78 is 1.30. The van der Waals surface area contributed by atoms with Gasteiger partial charge in [0.25, 0.3) is 11.5 Å². The van der Waals surface area contributed by atoms with Gasteiger partial charge in [-0.05, 0) is 41.1 Å². The standard InChI is InChI=1S/C22H17N3O2/c1-25-21(26)13-12-20(24-25)16-8-10-19(11-9-16)23-22(27)18-7-6-15-4-2-3-5-17(15)14-18/h2-14H,1H3,(H,23,27). The number of aromatic nitrogens is 2. The van der Waals surface area contributed by atoms with Gasteiger partial charge in [-0.25, -0.2) is 4.68 Å². The van der Waals surface area contributed by atoms with E-state index >= 15 is 0 Å². The molecule has 4 aromatic rings. The fourth-order valence-corrected chi connectivity index (χ4v) is 2.91. The second-order valence-corrected chi connectivity index (χ2v) is 6.27. The van der Waals surface area contributed by atoms with Crippen LogP contribution >= 0.6 is 0 Å². The van der Waals surface area contributed by atoms with E-state index in [2.05, 4.69) is 10.4 Å². The Kier molecular flexibility index (Phi) is 4.26. The molecule has 5 nitrogen and oxygen atoms in total. The fraction of sp³-hybridized carbons (Fsp3) is 0.0455. The number of aryl methyl sites for hydroxylation is 1. The molecule has 0 bridgehead atoms. The molecule has 0 saturated carbocycles. The molecule has 0 spiro atoms. The number of hydrogen-bond donors (Lipinski definition) is 1. The maximum atomic E-state index is 12.5. The molecule has 0 atom stereocenters. The summed E-state index contributed by atoms with van der Waals surface area (Å²) in [6.45, 7) is 0. The summed E-state index contributed by atoms with van der Waals surface area (Å²) in [5.41, 5.74) is 2.72. The van der Waals surface area contributed by atoms with Crippen molar-refractivity contribution in [3.05, 3.63) is 94.8 Å². The van der Waals surface area contributed by atoms with Crippen molar-refractivity contribution >= 4 is 22.4 Å². The minimum absolute atomic E-state index is 0.155. The lowest BCUT2D eigenvalue weighted by atomic mass is 10.1. The number of anilines is 1. The van der Waals surface area contributed by atoms with Gasteiger partial charge in [0.05, 0.1) is 5.69 Å². The van der Waals surface area contributed by atoms with Crippen LogP contribution in [0, 0.1) is 0 Å². The number of rotatable bonds is 3. The molecule has 132 valence electrons. The molecule has 1 aromatic heterocycles. The van der Waals surface area contributed by atoms with Crippen molar-refractivity contribution in [3.63, 3.8) is 0 Å². The minimum atomic E-state index is -0.159. The zero-order valence-corrected chi connectivity index (χ0v) is 14.7. The van der Waals surface area contributed by atoms with Gasteiger partial charge in [-0.15, -0.1) is 0 Å². The minimum Gasteiger partial charge on any atom is -0.322 e. The predicted octanol–water partition coefficient (Wildman–Crippen LogP) is 3.85. The fourth-order valence-electron chi connectivity index (χ4n) is 2.91. The summed E-state index contributed by atoms with van der Waals surface area (Å²) in [5, 5.41) is 9.26. The Balaban J connectivity index is 1.54. The van der Waals surface area contributed by atoms with E-state index in [4.69, 9.17) is 0 Å². The van der Waals surface area contributed by atoms with Gasteiger partial charge in [0.1, 0.15) is 0 Å². The molecule has 5 heteroatoms. The van der Waals surface area contributed by atoms with E-state index in [0.29, 0.717) is 16.9 Å². The highest BCUT2D eigenvalue weighted by molar-refractivity contribution is 6.06. The highest BCUT2D eigenvalue weighted by Gasteiger charge is 2.08. The summed E-state index contributed by atoms with van der Waals surface area (Å²) in [4.78, 5) is 24.0. The largest absolute Gasteiger partial charge is 0.322 e. The smallest absolute Gasteiger partial charge is 0.266 e. The Labute approximate surface area is 155 Å². The first-order valence-electron chi connectivity index (χ1n) is 8.55. The summed E-state index contributed by atoms with van der Waals surface area (Å²) in [6, 6.07) is 24.1. The van der Waals surface area contributed by atoms with Gasteiger partial charge in [0.2, 0.25) is 0 Å². The second kappa shape index (κ2) is 6.88. The first-order chi connectivity index (χ1) is 13.1. The Morgan fingerprint density at radius 2 is 1.63 bits per heavy atom. The van der Waals surface area contributed by atoms with Crippen molar-refractivity contribution in [3.8, 4) is 11.3 Å². The first kappa shape index (κ1) is 16.7. The van der Waals surface area contributed by atoms with Crippen molar-refractivity contribution in [2.24, 2.45) is 7.05 Å². The van der Waals surface area contributed by atoms with Crippen LogP contribution in [-0.4, -0.2) is 15.7 Å². The molecule has 4 rings (SSSR count). The Hall–Kier alpha value is -3.73. The molecule has 1 heterocycles. The van der Waals surface area contributed by atoms with Crippen molar-refractivity contribution in [2.75, 3.05) is 5.32 Å². The number of nitrogens with zero attached hydrogens (tertiary/aromatic N) is 2. The molecular weight excluding hydrogens is 338 g/mol. The van der Waals surface area contributed by atoms with Crippen molar-refractivity contribution < 1.29 is 4.79 Å². The predicted molar refractivity (Wildman–Crippen MR) is 107 cm³/mol. The second-order valence-electron chi connectivity index (χ2n) is 6.27. The van der Waals surface area contributed by atoms with Crippen LogP contribution < -0.4 is 10.9 Å². The van der Waals surface area contributed by atoms with Crippen LogP contribution in [-0.2, 0) is 7.05 Å². The van der Waals surface area contributed by atoms with Gasteiger partial charge in [-0.3, -0.25) is 9.59 Å². The summed E-state index contributed by atoms with van der Waals surface area (Å²) in [5.74, 6) is -0.159. The average Bonchev–Trinajstić information content (AvgIpc) is 2.70.